The van der Waals surface area contributed by atoms with Crippen LogP contribution in [0.4, 0.5) is 5.82 Å². The lowest BCUT2D eigenvalue weighted by atomic mass is 10.1. The smallest absolute Gasteiger partial charge is 0.140 e. The molecule has 3 nitrogen and oxygen atoms in total. The summed E-state index contributed by atoms with van der Waals surface area (Å²) in [7, 11) is 0. The van der Waals surface area contributed by atoms with E-state index in [-0.39, 0.29) is 12.6 Å². The van der Waals surface area contributed by atoms with Gasteiger partial charge in [0.1, 0.15) is 5.82 Å². The van der Waals surface area contributed by atoms with E-state index in [4.69, 9.17) is 0 Å². The zero-order chi connectivity index (χ0) is 11.4. The van der Waals surface area contributed by atoms with Gasteiger partial charge in [0.15, 0.2) is 0 Å². The van der Waals surface area contributed by atoms with Gasteiger partial charge in [-0.3, -0.25) is 0 Å². The number of aromatic nitrogens is 1. The maximum absolute atomic E-state index is 9.19. The van der Waals surface area contributed by atoms with Crippen LogP contribution < -0.4 is 5.32 Å². The quantitative estimate of drug-likeness (QED) is 0.887. The molecule has 0 fully saturated rings. The molecule has 0 bridgehead atoms. The number of rotatable bonds is 4. The minimum Gasteiger partial charge on any atom is -0.394 e. The van der Waals surface area contributed by atoms with Crippen LogP contribution in [0.2, 0.25) is 0 Å². The third-order valence-electron chi connectivity index (χ3n) is 2.13. The van der Waals surface area contributed by atoms with Crippen molar-refractivity contribution < 1.29 is 5.11 Å². The molecule has 1 atom stereocenters. The Labute approximate surface area is 107 Å². The van der Waals surface area contributed by atoms with Gasteiger partial charge in [0.2, 0.25) is 0 Å². The Kier molecular flexibility index (Phi) is 5.02. The Morgan fingerprint density at radius 2 is 2.13 bits per heavy atom. The molecule has 0 unspecified atom stereocenters. The lowest BCUT2D eigenvalue weighted by Crippen LogP contribution is -2.29. The third kappa shape index (κ3) is 3.74. The first kappa shape index (κ1) is 12.9. The Bertz CT molecular complexity index is 331. The second-order valence-corrected chi connectivity index (χ2v) is 5.43. The average molecular weight is 338 g/mol. The summed E-state index contributed by atoms with van der Waals surface area (Å²) in [5, 5.41) is 12.4. The minimum atomic E-state index is 0.0231. The minimum absolute atomic E-state index is 0.0231. The van der Waals surface area contributed by atoms with Gasteiger partial charge in [0.25, 0.3) is 0 Å². The molecule has 0 aliphatic heterocycles. The topological polar surface area (TPSA) is 45.1 Å². The molecule has 0 spiro atoms. The molecule has 84 valence electrons. The number of hydrogen-bond acceptors (Lipinski definition) is 3. The first-order valence-electron chi connectivity index (χ1n) is 4.73. The van der Waals surface area contributed by atoms with Gasteiger partial charge in [-0.05, 0) is 43.8 Å². The summed E-state index contributed by atoms with van der Waals surface area (Å²) in [6.45, 7) is 4.21. The van der Waals surface area contributed by atoms with Crippen molar-refractivity contribution in [3.8, 4) is 0 Å². The van der Waals surface area contributed by atoms with E-state index in [0.29, 0.717) is 5.92 Å². The highest BCUT2D eigenvalue weighted by atomic mass is 79.9. The fourth-order valence-corrected chi connectivity index (χ4v) is 2.22. The number of halogens is 2. The maximum atomic E-state index is 9.19. The van der Waals surface area contributed by atoms with Crippen molar-refractivity contribution in [3.63, 3.8) is 0 Å². The van der Waals surface area contributed by atoms with E-state index in [9.17, 15) is 5.11 Å². The summed E-state index contributed by atoms with van der Waals surface area (Å²) in [5.74, 6) is 1.11. The molecule has 0 saturated heterocycles. The summed E-state index contributed by atoms with van der Waals surface area (Å²) < 4.78 is 1.81. The van der Waals surface area contributed by atoms with Gasteiger partial charge in [-0.25, -0.2) is 4.98 Å². The third-order valence-corrected chi connectivity index (χ3v) is 3.17. The van der Waals surface area contributed by atoms with E-state index < -0.39 is 0 Å². The Hall–Kier alpha value is -0.130. The van der Waals surface area contributed by atoms with Crippen LogP contribution in [0, 0.1) is 5.92 Å². The second kappa shape index (κ2) is 5.82. The molecule has 0 aliphatic carbocycles. The van der Waals surface area contributed by atoms with Crippen molar-refractivity contribution in [2.75, 3.05) is 11.9 Å². The van der Waals surface area contributed by atoms with Gasteiger partial charge < -0.3 is 10.4 Å². The molecule has 1 aromatic heterocycles. The van der Waals surface area contributed by atoms with Crippen molar-refractivity contribution in [1.29, 1.82) is 0 Å². The summed E-state index contributed by atoms with van der Waals surface area (Å²) >= 11 is 6.76. The maximum Gasteiger partial charge on any atom is 0.140 e. The lowest BCUT2D eigenvalue weighted by Gasteiger charge is -2.21. The van der Waals surface area contributed by atoms with Crippen LogP contribution in [-0.4, -0.2) is 22.7 Å². The van der Waals surface area contributed by atoms with E-state index >= 15 is 0 Å². The number of nitrogens with zero attached hydrogens (tertiary/aromatic N) is 1. The van der Waals surface area contributed by atoms with Crippen LogP contribution in [0.3, 0.4) is 0 Å². The molecule has 0 saturated carbocycles. The fourth-order valence-electron chi connectivity index (χ4n) is 1.12. The van der Waals surface area contributed by atoms with Gasteiger partial charge in [0, 0.05) is 10.7 Å². The van der Waals surface area contributed by atoms with Crippen LogP contribution in [0.25, 0.3) is 0 Å². The zero-order valence-electron chi connectivity index (χ0n) is 8.67. The van der Waals surface area contributed by atoms with Crippen LogP contribution in [0.1, 0.15) is 13.8 Å². The standard InChI is InChI=1S/C10H14Br2N2O/c1-6(2)9(5-15)14-10-8(12)3-7(11)4-13-10/h3-4,6,9,15H,5H2,1-2H3,(H,13,14)/t9-/m1/s1. The molecule has 2 N–H and O–H groups in total. The van der Waals surface area contributed by atoms with Crippen molar-refractivity contribution in [2.45, 2.75) is 19.9 Å². The van der Waals surface area contributed by atoms with Crippen LogP contribution in [0.15, 0.2) is 21.2 Å². The zero-order valence-corrected chi connectivity index (χ0v) is 11.8. The number of anilines is 1. The molecule has 0 amide bonds. The van der Waals surface area contributed by atoms with E-state index in [0.717, 1.165) is 14.8 Å². The first-order valence-corrected chi connectivity index (χ1v) is 6.31. The SMILES string of the molecule is CC(C)[C@@H](CO)Nc1ncc(Br)cc1Br. The highest BCUT2D eigenvalue weighted by Crippen LogP contribution is 2.24. The normalized spacial score (nSPS) is 12.9. The van der Waals surface area contributed by atoms with Gasteiger partial charge in [-0.1, -0.05) is 13.8 Å². The molecule has 5 heteroatoms. The number of aliphatic hydroxyl groups is 1. The highest BCUT2D eigenvalue weighted by molar-refractivity contribution is 9.11. The van der Waals surface area contributed by atoms with Crippen molar-refractivity contribution >= 4 is 37.7 Å². The van der Waals surface area contributed by atoms with E-state index in [2.05, 4.69) is 56.0 Å². The summed E-state index contributed by atoms with van der Waals surface area (Å²) in [6.07, 6.45) is 1.72. The number of pyridine rings is 1. The molecule has 0 radical (unpaired) electrons. The average Bonchev–Trinajstić information content (AvgIpc) is 2.16. The molecule has 1 heterocycles. The molecule has 15 heavy (non-hydrogen) atoms. The number of nitrogens with one attached hydrogen (secondary N) is 1. The Morgan fingerprint density at radius 3 is 2.60 bits per heavy atom. The summed E-state index contributed by atoms with van der Waals surface area (Å²) in [6, 6.07) is 1.94. The predicted octanol–water partition coefficient (Wildman–Crippen LogP) is 3.04. The van der Waals surface area contributed by atoms with E-state index in [1.165, 1.54) is 0 Å². The van der Waals surface area contributed by atoms with Crippen LogP contribution in [0.5, 0.6) is 0 Å². The predicted molar refractivity (Wildman–Crippen MR) is 69.0 cm³/mol. The molecular weight excluding hydrogens is 324 g/mol. The summed E-state index contributed by atoms with van der Waals surface area (Å²) in [5.41, 5.74) is 0. The van der Waals surface area contributed by atoms with E-state index in [1.54, 1.807) is 6.20 Å². The summed E-state index contributed by atoms with van der Waals surface area (Å²) in [4.78, 5) is 4.23. The second-order valence-electron chi connectivity index (χ2n) is 3.66. The van der Waals surface area contributed by atoms with E-state index in [1.807, 2.05) is 6.07 Å². The number of hydrogen-bond donors (Lipinski definition) is 2. The lowest BCUT2D eigenvalue weighted by molar-refractivity contribution is 0.249. The monoisotopic (exact) mass is 336 g/mol. The van der Waals surface area contributed by atoms with Crippen molar-refractivity contribution in [2.24, 2.45) is 5.92 Å². The highest BCUT2D eigenvalue weighted by Gasteiger charge is 2.13. The van der Waals surface area contributed by atoms with Gasteiger partial charge in [-0.2, -0.15) is 0 Å². The molecular formula is C10H14Br2N2O. The molecule has 1 aromatic rings. The van der Waals surface area contributed by atoms with Gasteiger partial charge in [-0.15, -0.1) is 0 Å². The molecule has 1 rings (SSSR count). The molecule has 0 aromatic carbocycles. The number of aliphatic hydroxyl groups excluding tert-OH is 1. The Morgan fingerprint density at radius 1 is 1.47 bits per heavy atom. The van der Waals surface area contributed by atoms with Crippen LogP contribution in [-0.2, 0) is 0 Å². The van der Waals surface area contributed by atoms with Gasteiger partial charge >= 0.3 is 0 Å². The van der Waals surface area contributed by atoms with Crippen LogP contribution >= 0.6 is 31.9 Å². The van der Waals surface area contributed by atoms with Crippen molar-refractivity contribution in [3.05, 3.63) is 21.2 Å². The largest absolute Gasteiger partial charge is 0.394 e. The fraction of sp³-hybridized carbons (Fsp3) is 0.500. The van der Waals surface area contributed by atoms with Gasteiger partial charge in [0.05, 0.1) is 17.1 Å². The first-order chi connectivity index (χ1) is 7.04. The Balaban J connectivity index is 2.79. The van der Waals surface area contributed by atoms with Crippen molar-refractivity contribution in [1.82, 2.24) is 4.98 Å². The molecule has 0 aliphatic rings.